The van der Waals surface area contributed by atoms with Crippen LogP contribution in [0.1, 0.15) is 5.56 Å². The average Bonchev–Trinajstić information content (AvgIpc) is 2.07. The molecular formula is C8H6F4O3S. The van der Waals surface area contributed by atoms with Gasteiger partial charge in [-0.3, -0.25) is 0 Å². The summed E-state index contributed by atoms with van der Waals surface area (Å²) in [7, 11) is -5.08. The zero-order valence-electron chi connectivity index (χ0n) is 7.88. The third-order valence-electron chi connectivity index (χ3n) is 1.71. The van der Waals surface area contributed by atoms with Crippen molar-refractivity contribution in [1.82, 2.24) is 0 Å². The Morgan fingerprint density at radius 1 is 1.31 bits per heavy atom. The summed E-state index contributed by atoms with van der Waals surface area (Å²) in [6, 6.07) is 0.982. The lowest BCUT2D eigenvalue weighted by molar-refractivity contribution is -0.0522. The molecule has 0 spiro atoms. The summed E-state index contributed by atoms with van der Waals surface area (Å²) in [5.74, 6) is -2.21. The quantitative estimate of drug-likeness (QED) is 0.617. The van der Waals surface area contributed by atoms with Crippen molar-refractivity contribution in [3.05, 3.63) is 23.5 Å². The van der Waals surface area contributed by atoms with Crippen LogP contribution in [0.15, 0.2) is 17.0 Å². The van der Waals surface area contributed by atoms with E-state index in [1.807, 2.05) is 0 Å². The first-order chi connectivity index (χ1) is 7.21. The van der Waals surface area contributed by atoms with Crippen molar-refractivity contribution in [1.29, 1.82) is 0 Å². The molecule has 1 aromatic carbocycles. The van der Waals surface area contributed by atoms with Gasteiger partial charge in [0.25, 0.3) is 0 Å². The van der Waals surface area contributed by atoms with Gasteiger partial charge in [-0.25, -0.2) is 4.39 Å². The number of ether oxygens (including phenoxy) is 1. The molecule has 0 aliphatic rings. The van der Waals surface area contributed by atoms with Crippen molar-refractivity contribution in [2.24, 2.45) is 0 Å². The van der Waals surface area contributed by atoms with Crippen LogP contribution in [0.3, 0.4) is 0 Å². The maximum atomic E-state index is 13.0. The number of aryl methyl sites for hydroxylation is 1. The van der Waals surface area contributed by atoms with Crippen LogP contribution >= 0.6 is 0 Å². The zero-order valence-corrected chi connectivity index (χ0v) is 8.69. The summed E-state index contributed by atoms with van der Waals surface area (Å²) in [5, 5.41) is 0. The molecule has 0 saturated heterocycles. The molecule has 0 amide bonds. The smallest absolute Gasteiger partial charge is 0.387 e. The Balaban J connectivity index is 3.28. The first-order valence-electron chi connectivity index (χ1n) is 3.91. The minimum Gasteiger partial charge on any atom is -0.432 e. The van der Waals surface area contributed by atoms with Crippen LogP contribution in [0.2, 0.25) is 0 Å². The third kappa shape index (κ3) is 2.84. The van der Waals surface area contributed by atoms with E-state index < -0.39 is 33.3 Å². The molecule has 0 heterocycles. The van der Waals surface area contributed by atoms with E-state index in [4.69, 9.17) is 0 Å². The van der Waals surface area contributed by atoms with Gasteiger partial charge in [0.1, 0.15) is 4.90 Å². The molecule has 3 nitrogen and oxygen atoms in total. The fourth-order valence-electron chi connectivity index (χ4n) is 1.09. The van der Waals surface area contributed by atoms with Crippen molar-refractivity contribution in [2.45, 2.75) is 18.4 Å². The van der Waals surface area contributed by atoms with Crippen LogP contribution in [-0.2, 0) is 10.2 Å². The molecule has 90 valence electrons. The molecule has 1 rings (SSSR count). The van der Waals surface area contributed by atoms with Crippen molar-refractivity contribution >= 4 is 10.2 Å². The maximum absolute atomic E-state index is 13.0. The van der Waals surface area contributed by atoms with Gasteiger partial charge in [-0.1, -0.05) is 0 Å². The molecule has 1 aromatic rings. The zero-order chi connectivity index (χ0) is 12.5. The lowest BCUT2D eigenvalue weighted by atomic mass is 10.2. The first-order valence-corrected chi connectivity index (χ1v) is 5.30. The molecule has 0 fully saturated rings. The molecule has 0 atom stereocenters. The highest BCUT2D eigenvalue weighted by Gasteiger charge is 2.20. The Kier molecular flexibility index (Phi) is 3.41. The monoisotopic (exact) mass is 258 g/mol. The van der Waals surface area contributed by atoms with Crippen LogP contribution in [-0.4, -0.2) is 15.0 Å². The summed E-state index contributed by atoms with van der Waals surface area (Å²) in [6.45, 7) is -2.12. The van der Waals surface area contributed by atoms with E-state index in [0.717, 1.165) is 6.92 Å². The van der Waals surface area contributed by atoms with E-state index in [1.165, 1.54) is 0 Å². The van der Waals surface area contributed by atoms with E-state index in [9.17, 15) is 25.5 Å². The topological polar surface area (TPSA) is 43.4 Å². The van der Waals surface area contributed by atoms with Gasteiger partial charge in [-0.15, -0.1) is 3.89 Å². The average molecular weight is 258 g/mol. The molecule has 0 unspecified atom stereocenters. The number of alkyl halides is 2. The highest BCUT2D eigenvalue weighted by Crippen LogP contribution is 2.27. The summed E-state index contributed by atoms with van der Waals surface area (Å²) < 4.78 is 74.0. The van der Waals surface area contributed by atoms with Crippen molar-refractivity contribution in [2.75, 3.05) is 0 Å². The van der Waals surface area contributed by atoms with Crippen molar-refractivity contribution < 1.29 is 30.2 Å². The lowest BCUT2D eigenvalue weighted by Gasteiger charge is -2.08. The van der Waals surface area contributed by atoms with Gasteiger partial charge < -0.3 is 4.74 Å². The molecule has 16 heavy (non-hydrogen) atoms. The second kappa shape index (κ2) is 4.28. The summed E-state index contributed by atoms with van der Waals surface area (Å²) in [5.41, 5.74) is -0.223. The van der Waals surface area contributed by atoms with Gasteiger partial charge in [-0.2, -0.15) is 17.2 Å². The Morgan fingerprint density at radius 3 is 2.31 bits per heavy atom. The first kappa shape index (κ1) is 12.8. The molecule has 8 heteroatoms. The summed E-state index contributed by atoms with van der Waals surface area (Å²) >= 11 is 0. The minimum atomic E-state index is -5.08. The van der Waals surface area contributed by atoms with Crippen LogP contribution in [0.5, 0.6) is 5.75 Å². The molecule has 0 saturated carbocycles. The molecule has 0 aromatic heterocycles. The van der Waals surface area contributed by atoms with Gasteiger partial charge in [0, 0.05) is 0 Å². The van der Waals surface area contributed by atoms with E-state index >= 15 is 0 Å². The number of rotatable bonds is 3. The fraction of sp³-hybridized carbons (Fsp3) is 0.250. The maximum Gasteiger partial charge on any atom is 0.387 e. The Labute approximate surface area is 88.9 Å². The molecule has 0 aliphatic carbocycles. The third-order valence-corrected chi connectivity index (χ3v) is 2.67. The molecule has 0 aliphatic heterocycles. The second-order valence-electron chi connectivity index (χ2n) is 2.86. The Bertz CT molecular complexity index is 498. The van der Waals surface area contributed by atoms with Gasteiger partial charge in [0.05, 0.1) is 0 Å². The standard InChI is InChI=1S/C8H6F4O3S/c1-4-2-6(15-8(10)11)5(9)3-7(4)16(12,13)14/h2-3,8H,1H3. The molecule has 0 N–H and O–H groups in total. The van der Waals surface area contributed by atoms with Crippen LogP contribution in [0.4, 0.5) is 17.1 Å². The summed E-state index contributed by atoms with van der Waals surface area (Å²) in [6.07, 6.45) is 0. The molecular weight excluding hydrogens is 252 g/mol. The van der Waals surface area contributed by atoms with E-state index in [-0.39, 0.29) is 5.56 Å². The fourth-order valence-corrected chi connectivity index (χ4v) is 1.77. The lowest BCUT2D eigenvalue weighted by Crippen LogP contribution is -2.05. The van der Waals surface area contributed by atoms with Gasteiger partial charge in [0.2, 0.25) is 0 Å². The second-order valence-corrected chi connectivity index (χ2v) is 4.18. The van der Waals surface area contributed by atoms with Crippen LogP contribution in [0.25, 0.3) is 0 Å². The Morgan fingerprint density at radius 2 is 1.88 bits per heavy atom. The van der Waals surface area contributed by atoms with Crippen molar-refractivity contribution in [3.8, 4) is 5.75 Å². The van der Waals surface area contributed by atoms with Crippen molar-refractivity contribution in [3.63, 3.8) is 0 Å². The van der Waals surface area contributed by atoms with Crippen LogP contribution in [0, 0.1) is 12.7 Å². The Hall–Kier alpha value is -1.31. The van der Waals surface area contributed by atoms with Gasteiger partial charge in [-0.05, 0) is 24.6 Å². The molecule has 0 bridgehead atoms. The number of benzene rings is 1. The number of hydrogen-bond donors (Lipinski definition) is 0. The van der Waals surface area contributed by atoms with Gasteiger partial charge in [0.15, 0.2) is 11.6 Å². The largest absolute Gasteiger partial charge is 0.432 e. The van der Waals surface area contributed by atoms with E-state index in [0.29, 0.717) is 12.1 Å². The highest BCUT2D eigenvalue weighted by atomic mass is 32.3. The summed E-state index contributed by atoms with van der Waals surface area (Å²) in [4.78, 5) is -0.911. The molecule has 0 radical (unpaired) electrons. The van der Waals surface area contributed by atoms with E-state index in [2.05, 4.69) is 4.74 Å². The minimum absolute atomic E-state index is 0.223. The predicted octanol–water partition coefficient (Wildman–Crippen LogP) is 2.39. The van der Waals surface area contributed by atoms with E-state index in [1.54, 1.807) is 0 Å². The number of halogens is 4. The number of hydrogen-bond acceptors (Lipinski definition) is 3. The SMILES string of the molecule is Cc1cc(OC(F)F)c(F)cc1S(=O)(=O)F. The van der Waals surface area contributed by atoms with Crippen LogP contribution < -0.4 is 4.74 Å². The predicted molar refractivity (Wildman–Crippen MR) is 46.1 cm³/mol. The normalized spacial score (nSPS) is 11.9. The highest BCUT2D eigenvalue weighted by molar-refractivity contribution is 7.86. The van der Waals surface area contributed by atoms with Gasteiger partial charge >= 0.3 is 16.8 Å².